The largest absolute Gasteiger partial charge is 0.497 e. The molecular weight excluding hydrogens is 362 g/mol. The Morgan fingerprint density at radius 1 is 1.15 bits per heavy atom. The summed E-state index contributed by atoms with van der Waals surface area (Å²) in [4.78, 5) is 16.0. The first-order chi connectivity index (χ1) is 13.2. The van der Waals surface area contributed by atoms with Crippen LogP contribution in [0, 0.1) is 0 Å². The van der Waals surface area contributed by atoms with Crippen LogP contribution in [0.5, 0.6) is 5.75 Å². The Hall–Kier alpha value is -2.87. The number of methoxy groups -OCH3 is 1. The number of thioether (sulfide) groups is 1. The van der Waals surface area contributed by atoms with E-state index in [1.807, 2.05) is 47.9 Å². The van der Waals surface area contributed by atoms with Gasteiger partial charge in [0.1, 0.15) is 5.75 Å². The Bertz CT molecular complexity index is 881. The first-order valence-electron chi connectivity index (χ1n) is 8.62. The fraction of sp³-hybridized carbons (Fsp3) is 0.263. The molecule has 0 atom stereocenters. The summed E-state index contributed by atoms with van der Waals surface area (Å²) in [6.45, 7) is 2.70. The molecule has 8 heteroatoms. The maximum absolute atomic E-state index is 12.0. The summed E-state index contributed by atoms with van der Waals surface area (Å²) in [6.07, 6.45) is 4.34. The van der Waals surface area contributed by atoms with Crippen LogP contribution in [-0.4, -0.2) is 45.1 Å². The number of benzene rings is 1. The first kappa shape index (κ1) is 18.9. The molecule has 3 aromatic rings. The van der Waals surface area contributed by atoms with Crippen molar-refractivity contribution in [3.8, 4) is 22.8 Å². The van der Waals surface area contributed by atoms with E-state index in [0.717, 1.165) is 23.4 Å². The van der Waals surface area contributed by atoms with E-state index < -0.39 is 0 Å². The minimum absolute atomic E-state index is 0.0170. The summed E-state index contributed by atoms with van der Waals surface area (Å²) >= 11 is 1.36. The molecule has 0 unspecified atom stereocenters. The van der Waals surface area contributed by atoms with Crippen LogP contribution in [0.25, 0.3) is 17.1 Å². The monoisotopic (exact) mass is 383 g/mol. The van der Waals surface area contributed by atoms with Crippen LogP contribution in [0.2, 0.25) is 0 Å². The van der Waals surface area contributed by atoms with E-state index in [2.05, 4.69) is 20.5 Å². The molecule has 0 saturated carbocycles. The van der Waals surface area contributed by atoms with Crippen LogP contribution < -0.4 is 10.1 Å². The molecule has 0 bridgehead atoms. The Morgan fingerprint density at radius 3 is 2.56 bits per heavy atom. The predicted octanol–water partition coefficient (Wildman–Crippen LogP) is 2.96. The molecule has 2 heterocycles. The lowest BCUT2D eigenvalue weighted by atomic mass is 10.2. The highest BCUT2D eigenvalue weighted by molar-refractivity contribution is 7.99. The molecule has 1 N–H and O–H groups in total. The molecule has 3 rings (SSSR count). The molecular formula is C19H21N5O2S. The second-order valence-corrected chi connectivity index (χ2v) is 6.66. The molecule has 0 saturated heterocycles. The lowest BCUT2D eigenvalue weighted by molar-refractivity contribution is -0.118. The highest BCUT2D eigenvalue weighted by Gasteiger charge is 2.17. The molecule has 140 valence electrons. The van der Waals surface area contributed by atoms with E-state index in [0.29, 0.717) is 17.5 Å². The van der Waals surface area contributed by atoms with E-state index in [1.165, 1.54) is 11.8 Å². The van der Waals surface area contributed by atoms with Crippen molar-refractivity contribution in [2.75, 3.05) is 19.4 Å². The number of aromatic nitrogens is 4. The van der Waals surface area contributed by atoms with E-state index in [9.17, 15) is 4.79 Å². The second-order valence-electron chi connectivity index (χ2n) is 5.71. The smallest absolute Gasteiger partial charge is 0.230 e. The fourth-order valence-electron chi connectivity index (χ4n) is 2.46. The lowest BCUT2D eigenvalue weighted by Gasteiger charge is -2.11. The van der Waals surface area contributed by atoms with Crippen molar-refractivity contribution < 1.29 is 9.53 Å². The normalized spacial score (nSPS) is 10.6. The summed E-state index contributed by atoms with van der Waals surface area (Å²) in [6, 6.07) is 11.4. The predicted molar refractivity (Wildman–Crippen MR) is 105 cm³/mol. The second kappa shape index (κ2) is 9.18. The summed E-state index contributed by atoms with van der Waals surface area (Å²) in [5.74, 6) is 1.73. The van der Waals surface area contributed by atoms with Gasteiger partial charge in [-0.1, -0.05) is 18.7 Å². The number of carbonyl (C=O) groups is 1. The summed E-state index contributed by atoms with van der Waals surface area (Å²) in [5.41, 5.74) is 1.79. The van der Waals surface area contributed by atoms with Gasteiger partial charge in [-0.05, 0) is 42.8 Å². The van der Waals surface area contributed by atoms with Gasteiger partial charge in [0.05, 0.1) is 12.9 Å². The molecule has 2 aromatic heterocycles. The summed E-state index contributed by atoms with van der Waals surface area (Å²) in [5, 5.41) is 12.2. The minimum atomic E-state index is -0.0170. The van der Waals surface area contributed by atoms with Gasteiger partial charge in [0.25, 0.3) is 0 Å². The SMILES string of the molecule is CCCNC(=O)CSc1nnc(-c2ccncc2)n1-c1ccc(OC)cc1. The van der Waals surface area contributed by atoms with Gasteiger partial charge in [0.2, 0.25) is 5.91 Å². The topological polar surface area (TPSA) is 81.9 Å². The molecule has 1 amide bonds. The number of ether oxygens (including phenoxy) is 1. The van der Waals surface area contributed by atoms with Gasteiger partial charge in [-0.3, -0.25) is 14.3 Å². The Morgan fingerprint density at radius 2 is 1.89 bits per heavy atom. The Labute approximate surface area is 162 Å². The maximum Gasteiger partial charge on any atom is 0.230 e. The van der Waals surface area contributed by atoms with Crippen molar-refractivity contribution in [2.24, 2.45) is 0 Å². The van der Waals surface area contributed by atoms with Crippen LogP contribution >= 0.6 is 11.8 Å². The summed E-state index contributed by atoms with van der Waals surface area (Å²) in [7, 11) is 1.63. The van der Waals surface area contributed by atoms with Gasteiger partial charge in [-0.25, -0.2) is 0 Å². The van der Waals surface area contributed by atoms with Gasteiger partial charge >= 0.3 is 0 Å². The number of hydrogen-bond acceptors (Lipinski definition) is 6. The molecule has 0 radical (unpaired) electrons. The number of amides is 1. The quantitative estimate of drug-likeness (QED) is 0.602. The standard InChI is InChI=1S/C19H21N5O2S/c1-3-10-21-17(25)13-27-19-23-22-18(14-8-11-20-12-9-14)24(19)15-4-6-16(26-2)7-5-15/h4-9,11-12H,3,10,13H2,1-2H3,(H,21,25). The molecule has 0 fully saturated rings. The third-order valence-electron chi connectivity index (χ3n) is 3.81. The zero-order valence-electron chi connectivity index (χ0n) is 15.3. The number of carbonyl (C=O) groups excluding carboxylic acids is 1. The maximum atomic E-state index is 12.0. The number of rotatable bonds is 8. The van der Waals surface area contributed by atoms with Crippen LogP contribution in [0.1, 0.15) is 13.3 Å². The van der Waals surface area contributed by atoms with E-state index in [4.69, 9.17) is 4.74 Å². The molecule has 0 spiro atoms. The Balaban J connectivity index is 1.93. The van der Waals surface area contributed by atoms with Gasteiger partial charge in [-0.15, -0.1) is 10.2 Å². The Kier molecular flexibility index (Phi) is 6.43. The van der Waals surface area contributed by atoms with Crippen molar-refractivity contribution >= 4 is 17.7 Å². The van der Waals surface area contributed by atoms with Crippen molar-refractivity contribution in [1.82, 2.24) is 25.1 Å². The highest BCUT2D eigenvalue weighted by atomic mass is 32.2. The van der Waals surface area contributed by atoms with Crippen LogP contribution in [0.15, 0.2) is 53.9 Å². The highest BCUT2D eigenvalue weighted by Crippen LogP contribution is 2.28. The molecule has 1 aromatic carbocycles. The zero-order valence-corrected chi connectivity index (χ0v) is 16.1. The fourth-order valence-corrected chi connectivity index (χ4v) is 3.24. The molecule has 0 aliphatic heterocycles. The average molecular weight is 383 g/mol. The molecule has 0 aliphatic carbocycles. The zero-order chi connectivity index (χ0) is 19.1. The van der Waals surface area contributed by atoms with E-state index in [-0.39, 0.29) is 11.7 Å². The number of hydrogen-bond donors (Lipinski definition) is 1. The van der Waals surface area contributed by atoms with Crippen molar-refractivity contribution in [3.05, 3.63) is 48.8 Å². The minimum Gasteiger partial charge on any atom is -0.497 e. The summed E-state index contributed by atoms with van der Waals surface area (Å²) < 4.78 is 7.18. The third-order valence-corrected chi connectivity index (χ3v) is 4.74. The van der Waals surface area contributed by atoms with Crippen LogP contribution in [0.3, 0.4) is 0 Å². The average Bonchev–Trinajstić information content (AvgIpc) is 3.15. The van der Waals surface area contributed by atoms with Crippen LogP contribution in [0.4, 0.5) is 0 Å². The van der Waals surface area contributed by atoms with Crippen LogP contribution in [-0.2, 0) is 4.79 Å². The molecule has 7 nitrogen and oxygen atoms in total. The number of nitrogens with zero attached hydrogens (tertiary/aromatic N) is 4. The van der Waals surface area contributed by atoms with Gasteiger partial charge < -0.3 is 10.1 Å². The van der Waals surface area contributed by atoms with Crippen molar-refractivity contribution in [3.63, 3.8) is 0 Å². The van der Waals surface area contributed by atoms with E-state index in [1.54, 1.807) is 19.5 Å². The molecule has 27 heavy (non-hydrogen) atoms. The van der Waals surface area contributed by atoms with E-state index >= 15 is 0 Å². The number of nitrogens with one attached hydrogen (secondary N) is 1. The van der Waals surface area contributed by atoms with Gasteiger partial charge in [0.15, 0.2) is 11.0 Å². The van der Waals surface area contributed by atoms with Gasteiger partial charge in [0, 0.05) is 30.2 Å². The van der Waals surface area contributed by atoms with Gasteiger partial charge in [-0.2, -0.15) is 0 Å². The molecule has 0 aliphatic rings. The van der Waals surface area contributed by atoms with Crippen molar-refractivity contribution in [2.45, 2.75) is 18.5 Å². The van der Waals surface area contributed by atoms with Crippen molar-refractivity contribution in [1.29, 1.82) is 0 Å². The lowest BCUT2D eigenvalue weighted by Crippen LogP contribution is -2.25. The third kappa shape index (κ3) is 4.65. The first-order valence-corrected chi connectivity index (χ1v) is 9.61. The number of pyridine rings is 1.